The van der Waals surface area contributed by atoms with Crippen LogP contribution in [0.3, 0.4) is 0 Å². The molecule has 2 aromatic rings. The summed E-state index contributed by atoms with van der Waals surface area (Å²) in [6.45, 7) is -0.233. The lowest BCUT2D eigenvalue weighted by atomic mass is 10.1. The van der Waals surface area contributed by atoms with Crippen LogP contribution >= 0.6 is 23.2 Å². The number of hydrogen-bond donors (Lipinski definition) is 1. The second-order valence-electron chi connectivity index (χ2n) is 2.92. The van der Waals surface area contributed by atoms with Crippen molar-refractivity contribution in [1.29, 1.82) is 0 Å². The molecular weight excluding hydrogens is 237 g/mol. The third-order valence-electron chi connectivity index (χ3n) is 2.03. The lowest BCUT2D eigenvalue weighted by Crippen LogP contribution is -1.87. The highest BCUT2D eigenvalue weighted by Gasteiger charge is 2.16. The highest BCUT2D eigenvalue weighted by Crippen LogP contribution is 2.32. The molecule has 3 nitrogen and oxygen atoms in total. The summed E-state index contributed by atoms with van der Waals surface area (Å²) in [7, 11) is 0. The van der Waals surface area contributed by atoms with E-state index in [1.165, 1.54) is 0 Å². The second-order valence-corrected chi connectivity index (χ2v) is 3.67. The Morgan fingerprint density at radius 2 is 2.00 bits per heavy atom. The van der Waals surface area contributed by atoms with Gasteiger partial charge in [0, 0.05) is 5.56 Å². The largest absolute Gasteiger partial charge is 0.391 e. The first kappa shape index (κ1) is 10.5. The molecule has 1 aromatic heterocycles. The third kappa shape index (κ3) is 1.86. The van der Waals surface area contributed by atoms with Crippen LogP contribution in [0.2, 0.25) is 10.2 Å². The van der Waals surface area contributed by atoms with Crippen LogP contribution in [-0.4, -0.2) is 10.3 Å². The van der Waals surface area contributed by atoms with Crippen molar-refractivity contribution in [2.75, 3.05) is 0 Å². The maximum Gasteiger partial charge on any atom is 0.232 e. The molecule has 0 atom stereocenters. The Bertz CT molecular complexity index is 482. The zero-order chi connectivity index (χ0) is 10.8. The van der Waals surface area contributed by atoms with Crippen molar-refractivity contribution in [2.24, 2.45) is 0 Å². The van der Waals surface area contributed by atoms with Gasteiger partial charge in [0.05, 0.1) is 17.2 Å². The van der Waals surface area contributed by atoms with Gasteiger partial charge in [-0.05, 0) is 17.7 Å². The van der Waals surface area contributed by atoms with E-state index in [9.17, 15) is 0 Å². The van der Waals surface area contributed by atoms with Crippen molar-refractivity contribution in [2.45, 2.75) is 6.61 Å². The van der Waals surface area contributed by atoms with Crippen molar-refractivity contribution >= 4 is 23.2 Å². The number of nitrogens with zero attached hydrogens (tertiary/aromatic N) is 1. The molecule has 2 rings (SSSR count). The van der Waals surface area contributed by atoms with E-state index in [0.717, 1.165) is 0 Å². The summed E-state index contributed by atoms with van der Waals surface area (Å²) in [4.78, 5) is 0. The molecule has 0 bridgehead atoms. The molecule has 0 radical (unpaired) electrons. The first-order valence-corrected chi connectivity index (χ1v) is 4.99. The Balaban J connectivity index is 2.59. The van der Waals surface area contributed by atoms with E-state index in [1.807, 2.05) is 12.1 Å². The van der Waals surface area contributed by atoms with E-state index in [2.05, 4.69) is 5.16 Å². The van der Waals surface area contributed by atoms with Gasteiger partial charge in [0.1, 0.15) is 5.69 Å². The van der Waals surface area contributed by atoms with Crippen LogP contribution in [0.4, 0.5) is 0 Å². The molecule has 0 saturated carbocycles. The zero-order valence-corrected chi connectivity index (χ0v) is 9.09. The lowest BCUT2D eigenvalue weighted by molar-refractivity contribution is 0.281. The van der Waals surface area contributed by atoms with Gasteiger partial charge in [-0.25, -0.2) is 0 Å². The number of benzene rings is 1. The minimum Gasteiger partial charge on any atom is -0.391 e. The SMILES string of the molecule is OCc1c(-c2ccccc2Cl)noc1Cl. The summed E-state index contributed by atoms with van der Waals surface area (Å²) in [5, 5.41) is 13.5. The van der Waals surface area contributed by atoms with Crippen LogP contribution in [0, 0.1) is 0 Å². The number of halogens is 2. The third-order valence-corrected chi connectivity index (χ3v) is 2.65. The molecule has 0 spiro atoms. The molecule has 5 heteroatoms. The Morgan fingerprint density at radius 1 is 1.27 bits per heavy atom. The summed E-state index contributed by atoms with van der Waals surface area (Å²) in [5.41, 5.74) is 1.62. The maximum atomic E-state index is 9.11. The van der Waals surface area contributed by atoms with Crippen molar-refractivity contribution in [3.05, 3.63) is 40.1 Å². The molecular formula is C10H7Cl2NO2. The van der Waals surface area contributed by atoms with Crippen LogP contribution in [0.25, 0.3) is 11.3 Å². The predicted octanol–water partition coefficient (Wildman–Crippen LogP) is 3.14. The molecule has 0 saturated heterocycles. The summed E-state index contributed by atoms with van der Waals surface area (Å²) in [5.74, 6) is 0. The van der Waals surface area contributed by atoms with Crippen LogP contribution < -0.4 is 0 Å². The normalized spacial score (nSPS) is 10.6. The highest BCUT2D eigenvalue weighted by atomic mass is 35.5. The lowest BCUT2D eigenvalue weighted by Gasteiger charge is -2.00. The van der Waals surface area contributed by atoms with Gasteiger partial charge in [-0.3, -0.25) is 0 Å². The van der Waals surface area contributed by atoms with Crippen molar-refractivity contribution in [1.82, 2.24) is 5.16 Å². The number of aliphatic hydroxyl groups excluding tert-OH is 1. The van der Waals surface area contributed by atoms with Gasteiger partial charge in [-0.15, -0.1) is 0 Å². The molecule has 0 aliphatic carbocycles. The second kappa shape index (κ2) is 4.23. The first-order chi connectivity index (χ1) is 7.24. The van der Waals surface area contributed by atoms with Gasteiger partial charge in [-0.2, -0.15) is 0 Å². The van der Waals surface area contributed by atoms with Crippen molar-refractivity contribution in [3.63, 3.8) is 0 Å². The minimum atomic E-state index is -0.233. The van der Waals surface area contributed by atoms with Gasteiger partial charge < -0.3 is 9.63 Å². The Kier molecular flexibility index (Phi) is 2.95. The van der Waals surface area contributed by atoms with Crippen LogP contribution in [0.1, 0.15) is 5.56 Å². The fourth-order valence-electron chi connectivity index (χ4n) is 1.29. The summed E-state index contributed by atoms with van der Waals surface area (Å²) in [6.07, 6.45) is 0. The number of hydrogen-bond acceptors (Lipinski definition) is 3. The molecule has 0 unspecified atom stereocenters. The number of rotatable bonds is 2. The van der Waals surface area contributed by atoms with Crippen LogP contribution in [0.15, 0.2) is 28.8 Å². The predicted molar refractivity (Wildman–Crippen MR) is 57.9 cm³/mol. The highest BCUT2D eigenvalue weighted by molar-refractivity contribution is 6.33. The molecule has 1 aromatic carbocycles. The number of aliphatic hydroxyl groups is 1. The fraction of sp³-hybridized carbons (Fsp3) is 0.100. The van der Waals surface area contributed by atoms with E-state index in [1.54, 1.807) is 12.1 Å². The van der Waals surface area contributed by atoms with Crippen LogP contribution in [-0.2, 0) is 6.61 Å². The molecule has 0 aliphatic rings. The van der Waals surface area contributed by atoms with E-state index < -0.39 is 0 Å². The Hall–Kier alpha value is -1.03. The molecule has 0 fully saturated rings. The molecule has 15 heavy (non-hydrogen) atoms. The van der Waals surface area contributed by atoms with Crippen LogP contribution in [0.5, 0.6) is 0 Å². The van der Waals surface area contributed by atoms with Crippen molar-refractivity contribution in [3.8, 4) is 11.3 Å². The molecule has 78 valence electrons. The molecule has 0 amide bonds. The van der Waals surface area contributed by atoms with Gasteiger partial charge >= 0.3 is 0 Å². The summed E-state index contributed by atoms with van der Waals surface area (Å²) >= 11 is 11.7. The fourth-order valence-corrected chi connectivity index (χ4v) is 1.70. The molecule has 1 N–H and O–H groups in total. The van der Waals surface area contributed by atoms with Crippen molar-refractivity contribution < 1.29 is 9.63 Å². The van der Waals surface area contributed by atoms with Gasteiger partial charge in [0.2, 0.25) is 5.22 Å². The van der Waals surface area contributed by atoms with Gasteiger partial charge in [0.15, 0.2) is 0 Å². The van der Waals surface area contributed by atoms with E-state index >= 15 is 0 Å². The number of aromatic nitrogens is 1. The van der Waals surface area contributed by atoms with E-state index in [0.29, 0.717) is 21.8 Å². The van der Waals surface area contributed by atoms with Gasteiger partial charge in [0.25, 0.3) is 0 Å². The quantitative estimate of drug-likeness (QED) is 0.882. The monoisotopic (exact) mass is 243 g/mol. The summed E-state index contributed by atoms with van der Waals surface area (Å²) < 4.78 is 4.79. The van der Waals surface area contributed by atoms with Gasteiger partial charge in [-0.1, -0.05) is 35.0 Å². The summed E-state index contributed by atoms with van der Waals surface area (Å²) in [6, 6.07) is 7.16. The zero-order valence-electron chi connectivity index (χ0n) is 7.58. The smallest absolute Gasteiger partial charge is 0.232 e. The topological polar surface area (TPSA) is 46.3 Å². The molecule has 1 heterocycles. The average Bonchev–Trinajstić information content (AvgIpc) is 2.60. The van der Waals surface area contributed by atoms with E-state index in [4.69, 9.17) is 32.8 Å². The standard InChI is InChI=1S/C10H7Cl2NO2/c11-8-4-2-1-3-6(8)9-7(5-14)10(12)15-13-9/h1-4,14H,5H2. The van der Waals surface area contributed by atoms with E-state index in [-0.39, 0.29) is 11.8 Å². The Labute approximate surface area is 96.2 Å². The average molecular weight is 244 g/mol. The molecule has 0 aliphatic heterocycles. The minimum absolute atomic E-state index is 0.0902. The maximum absolute atomic E-state index is 9.11. The first-order valence-electron chi connectivity index (χ1n) is 4.24. The Morgan fingerprint density at radius 3 is 2.67 bits per heavy atom.